The predicted octanol–water partition coefficient (Wildman–Crippen LogP) is 4.38. The quantitative estimate of drug-likeness (QED) is 0.819. The number of para-hydroxylation sites is 2. The SMILES string of the molecule is CCOc1ccccc1Oc1cccc(CNC(C)C)c1. The summed E-state index contributed by atoms with van der Waals surface area (Å²) in [5.74, 6) is 2.34. The van der Waals surface area contributed by atoms with E-state index in [0.29, 0.717) is 12.6 Å². The maximum absolute atomic E-state index is 5.96. The molecule has 0 saturated heterocycles. The maximum atomic E-state index is 5.96. The predicted molar refractivity (Wildman–Crippen MR) is 86.1 cm³/mol. The monoisotopic (exact) mass is 285 g/mol. The van der Waals surface area contributed by atoms with Gasteiger partial charge in [-0.15, -0.1) is 0 Å². The molecule has 0 radical (unpaired) electrons. The van der Waals surface area contributed by atoms with E-state index in [1.807, 2.05) is 43.3 Å². The molecule has 0 aliphatic heterocycles. The molecular weight excluding hydrogens is 262 g/mol. The van der Waals surface area contributed by atoms with Crippen molar-refractivity contribution in [2.45, 2.75) is 33.4 Å². The fraction of sp³-hybridized carbons (Fsp3) is 0.333. The third-order valence-corrected chi connectivity index (χ3v) is 2.99. The van der Waals surface area contributed by atoms with Gasteiger partial charge in [-0.25, -0.2) is 0 Å². The van der Waals surface area contributed by atoms with Gasteiger partial charge in [-0.3, -0.25) is 0 Å². The van der Waals surface area contributed by atoms with Gasteiger partial charge in [0.25, 0.3) is 0 Å². The molecule has 2 aromatic rings. The Labute approximate surface area is 126 Å². The first-order valence-corrected chi connectivity index (χ1v) is 7.41. The molecule has 0 aliphatic rings. The summed E-state index contributed by atoms with van der Waals surface area (Å²) >= 11 is 0. The summed E-state index contributed by atoms with van der Waals surface area (Å²) in [5, 5.41) is 3.40. The average molecular weight is 285 g/mol. The Balaban J connectivity index is 2.11. The largest absolute Gasteiger partial charge is 0.490 e. The molecule has 3 heteroatoms. The van der Waals surface area contributed by atoms with Gasteiger partial charge in [-0.2, -0.15) is 0 Å². The molecular formula is C18H23NO2. The minimum Gasteiger partial charge on any atom is -0.490 e. The molecule has 0 fully saturated rings. The summed E-state index contributed by atoms with van der Waals surface area (Å²) in [6.45, 7) is 7.70. The van der Waals surface area contributed by atoms with Crippen molar-refractivity contribution < 1.29 is 9.47 Å². The molecule has 1 N–H and O–H groups in total. The van der Waals surface area contributed by atoms with E-state index in [0.717, 1.165) is 23.8 Å². The fourth-order valence-electron chi connectivity index (χ4n) is 1.98. The maximum Gasteiger partial charge on any atom is 0.169 e. The number of ether oxygens (including phenoxy) is 2. The van der Waals surface area contributed by atoms with Gasteiger partial charge in [-0.1, -0.05) is 38.1 Å². The molecule has 0 bridgehead atoms. The van der Waals surface area contributed by atoms with E-state index >= 15 is 0 Å². The normalized spacial score (nSPS) is 10.7. The van der Waals surface area contributed by atoms with Gasteiger partial charge in [0, 0.05) is 12.6 Å². The first-order chi connectivity index (χ1) is 10.2. The van der Waals surface area contributed by atoms with Crippen molar-refractivity contribution in [3.8, 4) is 17.2 Å². The molecule has 0 aliphatic carbocycles. The van der Waals surface area contributed by atoms with Gasteiger partial charge in [0.05, 0.1) is 6.61 Å². The van der Waals surface area contributed by atoms with Gasteiger partial charge in [0.15, 0.2) is 11.5 Å². The van der Waals surface area contributed by atoms with E-state index < -0.39 is 0 Å². The first-order valence-electron chi connectivity index (χ1n) is 7.41. The zero-order valence-electron chi connectivity index (χ0n) is 12.9. The van der Waals surface area contributed by atoms with Crippen LogP contribution in [0, 0.1) is 0 Å². The second-order valence-electron chi connectivity index (χ2n) is 5.16. The number of hydrogen-bond acceptors (Lipinski definition) is 3. The number of benzene rings is 2. The number of hydrogen-bond donors (Lipinski definition) is 1. The Bertz CT molecular complexity index is 567. The van der Waals surface area contributed by atoms with E-state index in [1.165, 1.54) is 5.56 Å². The summed E-state index contributed by atoms with van der Waals surface area (Å²) < 4.78 is 11.5. The van der Waals surface area contributed by atoms with Crippen LogP contribution < -0.4 is 14.8 Å². The van der Waals surface area contributed by atoms with Crippen LogP contribution in [0.1, 0.15) is 26.3 Å². The minimum atomic E-state index is 0.466. The van der Waals surface area contributed by atoms with Crippen molar-refractivity contribution in [1.29, 1.82) is 0 Å². The average Bonchev–Trinajstić information content (AvgIpc) is 2.48. The van der Waals surface area contributed by atoms with Crippen LogP contribution in [0.15, 0.2) is 48.5 Å². The van der Waals surface area contributed by atoms with Crippen LogP contribution >= 0.6 is 0 Å². The summed E-state index contributed by atoms with van der Waals surface area (Å²) in [4.78, 5) is 0. The molecule has 0 atom stereocenters. The lowest BCUT2D eigenvalue weighted by molar-refractivity contribution is 0.321. The highest BCUT2D eigenvalue weighted by Crippen LogP contribution is 2.31. The van der Waals surface area contributed by atoms with Crippen molar-refractivity contribution in [3.05, 3.63) is 54.1 Å². The lowest BCUT2D eigenvalue weighted by Crippen LogP contribution is -2.21. The van der Waals surface area contributed by atoms with Gasteiger partial charge < -0.3 is 14.8 Å². The summed E-state index contributed by atoms with van der Waals surface area (Å²) in [7, 11) is 0. The molecule has 21 heavy (non-hydrogen) atoms. The first kappa shape index (κ1) is 15.4. The van der Waals surface area contributed by atoms with Gasteiger partial charge in [-0.05, 0) is 36.8 Å². The third kappa shape index (κ3) is 4.80. The third-order valence-electron chi connectivity index (χ3n) is 2.99. The summed E-state index contributed by atoms with van der Waals surface area (Å²) in [6, 6.07) is 16.3. The van der Waals surface area contributed by atoms with Crippen molar-refractivity contribution in [2.24, 2.45) is 0 Å². The highest BCUT2D eigenvalue weighted by Gasteiger charge is 2.05. The molecule has 0 aromatic heterocycles. The molecule has 0 saturated carbocycles. The molecule has 0 amide bonds. The van der Waals surface area contributed by atoms with Crippen LogP contribution in [0.4, 0.5) is 0 Å². The number of nitrogens with one attached hydrogen (secondary N) is 1. The molecule has 0 heterocycles. The Hall–Kier alpha value is -2.00. The summed E-state index contributed by atoms with van der Waals surface area (Å²) in [5.41, 5.74) is 1.20. The van der Waals surface area contributed by atoms with Crippen LogP contribution in [0.25, 0.3) is 0 Å². The second kappa shape index (κ2) is 7.70. The smallest absolute Gasteiger partial charge is 0.169 e. The van der Waals surface area contributed by atoms with Crippen molar-refractivity contribution in [1.82, 2.24) is 5.32 Å². The summed E-state index contributed by atoms with van der Waals surface area (Å²) in [6.07, 6.45) is 0. The molecule has 0 spiro atoms. The zero-order valence-corrected chi connectivity index (χ0v) is 12.9. The topological polar surface area (TPSA) is 30.5 Å². The Kier molecular flexibility index (Phi) is 5.64. The minimum absolute atomic E-state index is 0.466. The van der Waals surface area contributed by atoms with Gasteiger partial charge in [0.1, 0.15) is 5.75 Å². The van der Waals surface area contributed by atoms with Crippen LogP contribution in [-0.2, 0) is 6.54 Å². The van der Waals surface area contributed by atoms with E-state index in [2.05, 4.69) is 31.3 Å². The highest BCUT2D eigenvalue weighted by molar-refractivity contribution is 5.43. The number of rotatable bonds is 7. The molecule has 2 aromatic carbocycles. The second-order valence-corrected chi connectivity index (χ2v) is 5.16. The molecule has 112 valence electrons. The van der Waals surface area contributed by atoms with Crippen LogP contribution in [-0.4, -0.2) is 12.6 Å². The Morgan fingerprint density at radius 3 is 2.48 bits per heavy atom. The van der Waals surface area contributed by atoms with Gasteiger partial charge >= 0.3 is 0 Å². The Morgan fingerprint density at radius 2 is 1.76 bits per heavy atom. The van der Waals surface area contributed by atoms with Crippen LogP contribution in [0.2, 0.25) is 0 Å². The van der Waals surface area contributed by atoms with E-state index in [9.17, 15) is 0 Å². The van der Waals surface area contributed by atoms with Crippen molar-refractivity contribution in [2.75, 3.05) is 6.61 Å². The lowest BCUT2D eigenvalue weighted by Gasteiger charge is -2.13. The standard InChI is InChI=1S/C18H23NO2/c1-4-20-17-10-5-6-11-18(17)21-16-9-7-8-15(12-16)13-19-14(2)3/h5-12,14,19H,4,13H2,1-3H3. The van der Waals surface area contributed by atoms with Crippen LogP contribution in [0.3, 0.4) is 0 Å². The fourth-order valence-corrected chi connectivity index (χ4v) is 1.98. The molecule has 0 unspecified atom stereocenters. The van der Waals surface area contributed by atoms with Crippen molar-refractivity contribution in [3.63, 3.8) is 0 Å². The Morgan fingerprint density at radius 1 is 1.00 bits per heavy atom. The van der Waals surface area contributed by atoms with Crippen molar-refractivity contribution >= 4 is 0 Å². The molecule has 3 nitrogen and oxygen atoms in total. The lowest BCUT2D eigenvalue weighted by atomic mass is 10.2. The highest BCUT2D eigenvalue weighted by atomic mass is 16.5. The van der Waals surface area contributed by atoms with E-state index in [-0.39, 0.29) is 0 Å². The van der Waals surface area contributed by atoms with E-state index in [1.54, 1.807) is 0 Å². The van der Waals surface area contributed by atoms with Crippen LogP contribution in [0.5, 0.6) is 17.2 Å². The van der Waals surface area contributed by atoms with E-state index in [4.69, 9.17) is 9.47 Å². The molecule has 2 rings (SSSR count). The zero-order chi connectivity index (χ0) is 15.1. The van der Waals surface area contributed by atoms with Gasteiger partial charge in [0.2, 0.25) is 0 Å².